The lowest BCUT2D eigenvalue weighted by atomic mass is 10.3. The molecule has 1 atom stereocenters. The number of hydrogen-bond donors (Lipinski definition) is 2. The summed E-state index contributed by atoms with van der Waals surface area (Å²) in [7, 11) is -3.74. The van der Waals surface area contributed by atoms with Crippen molar-refractivity contribution in [1.29, 1.82) is 0 Å². The van der Waals surface area contributed by atoms with Gasteiger partial charge in [0.25, 0.3) is 0 Å². The minimum atomic E-state index is -3.74. The molecule has 1 unspecified atom stereocenters. The van der Waals surface area contributed by atoms with E-state index in [0.29, 0.717) is 19.4 Å². The maximum Gasteiger partial charge on any atom is 0.352 e. The van der Waals surface area contributed by atoms with Crippen molar-refractivity contribution in [2.75, 3.05) is 13.1 Å². The third-order valence-corrected chi connectivity index (χ3v) is 5.15. The van der Waals surface area contributed by atoms with Crippen molar-refractivity contribution < 1.29 is 23.4 Å². The van der Waals surface area contributed by atoms with E-state index in [2.05, 4.69) is 0 Å². The highest BCUT2D eigenvalue weighted by Crippen LogP contribution is 2.23. The summed E-state index contributed by atoms with van der Waals surface area (Å²) in [5, 5.41) is 18.5. The van der Waals surface area contributed by atoms with Crippen LogP contribution in [0.25, 0.3) is 0 Å². The Bertz CT molecular complexity index is 607. The van der Waals surface area contributed by atoms with Crippen molar-refractivity contribution in [1.82, 2.24) is 8.87 Å². The van der Waals surface area contributed by atoms with Gasteiger partial charge in [-0.2, -0.15) is 4.31 Å². The number of carboxylic acids is 1. The van der Waals surface area contributed by atoms with E-state index in [1.54, 1.807) is 0 Å². The third kappa shape index (κ3) is 2.72. The number of carboxylic acid groups (broad SMARTS) is 1. The zero-order valence-electron chi connectivity index (χ0n) is 11.2. The number of aromatic nitrogens is 1. The van der Waals surface area contributed by atoms with Crippen LogP contribution in [-0.2, 0) is 16.6 Å². The normalized spacial score (nSPS) is 20.4. The number of β-amino-alcohol motifs (C(OH)–C–C–N with tert-alkyl or cyclic N) is 1. The summed E-state index contributed by atoms with van der Waals surface area (Å²) < 4.78 is 27.4. The summed E-state index contributed by atoms with van der Waals surface area (Å²) in [6.07, 6.45) is 1.81. The number of sulfonamides is 1. The fraction of sp³-hybridized carbons (Fsp3) is 0.583. The van der Waals surface area contributed by atoms with Gasteiger partial charge in [-0.1, -0.05) is 6.92 Å². The van der Waals surface area contributed by atoms with E-state index < -0.39 is 22.1 Å². The van der Waals surface area contributed by atoms with Gasteiger partial charge in [0.1, 0.15) is 10.6 Å². The average Bonchev–Trinajstić information content (AvgIpc) is 2.96. The number of aliphatic hydroxyl groups is 1. The van der Waals surface area contributed by atoms with E-state index in [4.69, 9.17) is 5.11 Å². The Hall–Kier alpha value is -1.38. The predicted molar refractivity (Wildman–Crippen MR) is 71.1 cm³/mol. The van der Waals surface area contributed by atoms with Crippen molar-refractivity contribution in [2.24, 2.45) is 0 Å². The van der Waals surface area contributed by atoms with Crippen molar-refractivity contribution >= 4 is 16.0 Å². The fourth-order valence-corrected chi connectivity index (χ4v) is 3.84. The van der Waals surface area contributed by atoms with Gasteiger partial charge < -0.3 is 14.8 Å². The molecule has 0 amide bonds. The number of aliphatic hydroxyl groups excluding tert-OH is 1. The summed E-state index contributed by atoms with van der Waals surface area (Å²) in [5.41, 5.74) is -0.0369. The molecular formula is C12H18N2O5S. The van der Waals surface area contributed by atoms with Crippen LogP contribution in [0.15, 0.2) is 17.2 Å². The molecule has 0 aliphatic carbocycles. The minimum absolute atomic E-state index is 0.0301. The SMILES string of the molecule is CCCn1cc(S(=O)(=O)N2CCC(O)C2)cc1C(=O)O. The first-order chi connectivity index (χ1) is 9.36. The van der Waals surface area contributed by atoms with Crippen molar-refractivity contribution in [3.8, 4) is 0 Å². The first-order valence-electron chi connectivity index (χ1n) is 6.48. The first kappa shape index (κ1) is 15.0. The Kier molecular flexibility index (Phi) is 4.17. The van der Waals surface area contributed by atoms with E-state index in [1.807, 2.05) is 6.92 Å². The fourth-order valence-electron chi connectivity index (χ4n) is 2.31. The number of rotatable bonds is 5. The van der Waals surface area contributed by atoms with Crippen LogP contribution in [-0.4, -0.2) is 52.7 Å². The second-order valence-corrected chi connectivity index (χ2v) is 6.80. The number of carbonyl (C=O) groups is 1. The highest BCUT2D eigenvalue weighted by atomic mass is 32.2. The number of aromatic carboxylic acids is 1. The molecule has 1 aliphatic heterocycles. The van der Waals surface area contributed by atoms with Crippen molar-refractivity contribution in [3.63, 3.8) is 0 Å². The lowest BCUT2D eigenvalue weighted by Gasteiger charge is -2.14. The van der Waals surface area contributed by atoms with Gasteiger partial charge in [0.05, 0.1) is 6.10 Å². The molecule has 1 aromatic rings. The molecule has 8 heteroatoms. The van der Waals surface area contributed by atoms with Crippen LogP contribution in [0.5, 0.6) is 0 Å². The van der Waals surface area contributed by atoms with Gasteiger partial charge in [-0.05, 0) is 18.9 Å². The second-order valence-electron chi connectivity index (χ2n) is 4.87. The van der Waals surface area contributed by atoms with Crippen LogP contribution in [0.1, 0.15) is 30.3 Å². The average molecular weight is 302 g/mol. The highest BCUT2D eigenvalue weighted by Gasteiger charge is 2.33. The molecule has 1 fully saturated rings. The van der Waals surface area contributed by atoms with Gasteiger partial charge in [0.2, 0.25) is 10.0 Å². The highest BCUT2D eigenvalue weighted by molar-refractivity contribution is 7.89. The molecule has 2 N–H and O–H groups in total. The molecule has 1 aromatic heterocycles. The van der Waals surface area contributed by atoms with E-state index in [1.165, 1.54) is 21.1 Å². The molecule has 0 bridgehead atoms. The molecule has 112 valence electrons. The second kappa shape index (κ2) is 5.55. The van der Waals surface area contributed by atoms with Gasteiger partial charge in [0, 0.05) is 25.8 Å². The molecule has 0 spiro atoms. The van der Waals surface area contributed by atoms with Gasteiger partial charge in [-0.3, -0.25) is 0 Å². The zero-order valence-corrected chi connectivity index (χ0v) is 12.0. The summed E-state index contributed by atoms with van der Waals surface area (Å²) in [4.78, 5) is 11.1. The summed E-state index contributed by atoms with van der Waals surface area (Å²) in [6, 6.07) is 1.18. The van der Waals surface area contributed by atoms with Crippen LogP contribution in [0.3, 0.4) is 0 Å². The Balaban J connectivity index is 2.37. The number of aryl methyl sites for hydroxylation is 1. The summed E-state index contributed by atoms with van der Waals surface area (Å²) in [5.74, 6) is -1.15. The van der Waals surface area contributed by atoms with Crippen LogP contribution in [0.4, 0.5) is 0 Å². The van der Waals surface area contributed by atoms with E-state index >= 15 is 0 Å². The topological polar surface area (TPSA) is 99.8 Å². The Labute approximate surface area is 117 Å². The quantitative estimate of drug-likeness (QED) is 0.817. The Morgan fingerprint density at radius 2 is 2.20 bits per heavy atom. The standard InChI is InChI=1S/C12H18N2O5S/c1-2-4-13-8-10(6-11(13)12(16)17)20(18,19)14-5-3-9(15)7-14/h6,8-9,15H,2-5,7H2,1H3,(H,16,17). The maximum atomic E-state index is 12.4. The molecule has 1 aliphatic rings. The minimum Gasteiger partial charge on any atom is -0.477 e. The predicted octanol–water partition coefficient (Wildman–Crippen LogP) is 0.352. The summed E-state index contributed by atoms with van der Waals surface area (Å²) in [6.45, 7) is 2.64. The van der Waals surface area contributed by atoms with Crippen LogP contribution in [0.2, 0.25) is 0 Å². The maximum absolute atomic E-state index is 12.4. The van der Waals surface area contributed by atoms with Gasteiger partial charge >= 0.3 is 5.97 Å². The van der Waals surface area contributed by atoms with Crippen molar-refractivity contribution in [3.05, 3.63) is 18.0 Å². The Morgan fingerprint density at radius 1 is 1.50 bits per heavy atom. The van der Waals surface area contributed by atoms with Crippen molar-refractivity contribution in [2.45, 2.75) is 37.3 Å². The van der Waals surface area contributed by atoms with E-state index in [-0.39, 0.29) is 23.7 Å². The van der Waals surface area contributed by atoms with E-state index in [9.17, 15) is 18.3 Å². The largest absolute Gasteiger partial charge is 0.477 e. The molecule has 2 rings (SSSR count). The summed E-state index contributed by atoms with van der Waals surface area (Å²) >= 11 is 0. The number of hydrogen-bond acceptors (Lipinski definition) is 4. The monoisotopic (exact) mass is 302 g/mol. The lowest BCUT2D eigenvalue weighted by molar-refractivity contribution is 0.0685. The molecule has 1 saturated heterocycles. The molecular weight excluding hydrogens is 284 g/mol. The molecule has 0 saturated carbocycles. The third-order valence-electron chi connectivity index (χ3n) is 3.32. The van der Waals surface area contributed by atoms with E-state index in [0.717, 1.165) is 0 Å². The van der Waals surface area contributed by atoms with Gasteiger partial charge in [-0.15, -0.1) is 0 Å². The first-order valence-corrected chi connectivity index (χ1v) is 7.92. The molecule has 7 nitrogen and oxygen atoms in total. The Morgan fingerprint density at radius 3 is 2.70 bits per heavy atom. The van der Waals surface area contributed by atoms with Gasteiger partial charge in [0.15, 0.2) is 0 Å². The van der Waals surface area contributed by atoms with Gasteiger partial charge in [-0.25, -0.2) is 13.2 Å². The van der Waals surface area contributed by atoms with Crippen LogP contribution >= 0.6 is 0 Å². The number of nitrogens with zero attached hydrogens (tertiary/aromatic N) is 2. The molecule has 2 heterocycles. The zero-order chi connectivity index (χ0) is 14.9. The molecule has 0 radical (unpaired) electrons. The van der Waals surface area contributed by atoms with Crippen LogP contribution in [0, 0.1) is 0 Å². The molecule has 20 heavy (non-hydrogen) atoms. The van der Waals surface area contributed by atoms with Crippen LogP contribution < -0.4 is 0 Å². The smallest absolute Gasteiger partial charge is 0.352 e. The lowest BCUT2D eigenvalue weighted by Crippen LogP contribution is -2.29. The molecule has 0 aromatic carbocycles.